The van der Waals surface area contributed by atoms with Gasteiger partial charge in [-0.2, -0.15) is 9.61 Å². The van der Waals surface area contributed by atoms with Crippen molar-refractivity contribution < 1.29 is 9.59 Å². The minimum absolute atomic E-state index is 0.174. The summed E-state index contributed by atoms with van der Waals surface area (Å²) in [6, 6.07) is 6.75. The maximum atomic E-state index is 12.0. The smallest absolute Gasteiger partial charge is 0.315 e. The third-order valence-corrected chi connectivity index (χ3v) is 4.50. The molecule has 1 fully saturated rings. The lowest BCUT2D eigenvalue weighted by atomic mass is 10.3. The van der Waals surface area contributed by atoms with Crippen LogP contribution < -0.4 is 16.0 Å². The van der Waals surface area contributed by atoms with Crippen LogP contribution in [0, 0.1) is 0 Å². The second-order valence-corrected chi connectivity index (χ2v) is 6.15. The van der Waals surface area contributed by atoms with Crippen LogP contribution in [0.15, 0.2) is 29.6 Å². The van der Waals surface area contributed by atoms with Crippen LogP contribution in [-0.4, -0.2) is 44.3 Å². The Morgan fingerprint density at radius 3 is 3.04 bits per heavy atom. The molecule has 10 heteroatoms. The van der Waals surface area contributed by atoms with E-state index < -0.39 is 6.04 Å². The van der Waals surface area contributed by atoms with Crippen molar-refractivity contribution in [2.24, 2.45) is 0 Å². The first-order valence-electron chi connectivity index (χ1n) is 7.28. The molecule has 0 aliphatic carbocycles. The molecule has 1 aliphatic rings. The van der Waals surface area contributed by atoms with Gasteiger partial charge in [0.2, 0.25) is 5.91 Å². The Labute approximate surface area is 140 Å². The van der Waals surface area contributed by atoms with Crippen LogP contribution in [0.25, 0.3) is 16.2 Å². The molecule has 1 atom stereocenters. The van der Waals surface area contributed by atoms with E-state index in [1.54, 1.807) is 15.9 Å². The molecule has 3 amide bonds. The zero-order valence-electron chi connectivity index (χ0n) is 12.4. The highest BCUT2D eigenvalue weighted by Gasteiger charge is 2.26. The third kappa shape index (κ3) is 2.67. The van der Waals surface area contributed by atoms with Crippen LogP contribution in [-0.2, 0) is 11.3 Å². The first-order valence-corrected chi connectivity index (χ1v) is 8.16. The lowest BCUT2D eigenvalue weighted by molar-refractivity contribution is -0.122. The monoisotopic (exact) mass is 343 g/mol. The molecule has 3 aromatic rings. The van der Waals surface area contributed by atoms with Crippen LogP contribution in [0.4, 0.5) is 4.79 Å². The molecule has 122 valence electrons. The highest BCUT2D eigenvalue weighted by atomic mass is 32.1. The number of aromatic nitrogens is 4. The molecule has 3 aromatic heterocycles. The topological polar surface area (TPSA) is 113 Å². The van der Waals surface area contributed by atoms with Crippen molar-refractivity contribution in [2.75, 3.05) is 6.54 Å². The van der Waals surface area contributed by atoms with Gasteiger partial charge in [-0.15, -0.1) is 21.5 Å². The van der Waals surface area contributed by atoms with E-state index in [0.717, 1.165) is 10.6 Å². The minimum Gasteiger partial charge on any atom is -0.347 e. The quantitative estimate of drug-likeness (QED) is 0.624. The van der Waals surface area contributed by atoms with Crippen LogP contribution in [0.1, 0.15) is 5.82 Å². The van der Waals surface area contributed by atoms with Crippen LogP contribution in [0.5, 0.6) is 0 Å². The van der Waals surface area contributed by atoms with Crippen molar-refractivity contribution in [3.05, 3.63) is 35.5 Å². The van der Waals surface area contributed by atoms with Gasteiger partial charge in [0, 0.05) is 6.54 Å². The van der Waals surface area contributed by atoms with E-state index in [9.17, 15) is 9.59 Å². The van der Waals surface area contributed by atoms with E-state index in [1.807, 2.05) is 29.6 Å². The Balaban J connectivity index is 1.52. The van der Waals surface area contributed by atoms with Crippen LogP contribution in [0.2, 0.25) is 0 Å². The van der Waals surface area contributed by atoms with Crippen molar-refractivity contribution >= 4 is 28.9 Å². The predicted molar refractivity (Wildman–Crippen MR) is 86.3 cm³/mol. The van der Waals surface area contributed by atoms with Crippen molar-refractivity contribution in [1.29, 1.82) is 0 Å². The Kier molecular flexibility index (Phi) is 3.58. The molecule has 0 bridgehead atoms. The summed E-state index contributed by atoms with van der Waals surface area (Å²) in [5, 5.41) is 22.4. The molecule has 0 aromatic carbocycles. The predicted octanol–water partition coefficient (Wildman–Crippen LogP) is 0.150. The van der Waals surface area contributed by atoms with Gasteiger partial charge in [0.15, 0.2) is 11.5 Å². The Morgan fingerprint density at radius 1 is 1.38 bits per heavy atom. The van der Waals surface area contributed by atoms with Crippen molar-refractivity contribution in [2.45, 2.75) is 12.6 Å². The molecule has 9 nitrogen and oxygen atoms in total. The number of carbonyl (C=O) groups is 2. The summed E-state index contributed by atoms with van der Waals surface area (Å²) >= 11 is 1.59. The van der Waals surface area contributed by atoms with Gasteiger partial charge < -0.3 is 16.0 Å². The summed E-state index contributed by atoms with van der Waals surface area (Å²) in [5.41, 5.74) is 1.42. The summed E-state index contributed by atoms with van der Waals surface area (Å²) in [5.74, 6) is 0.244. The highest BCUT2D eigenvalue weighted by Crippen LogP contribution is 2.22. The van der Waals surface area contributed by atoms with Gasteiger partial charge in [-0.1, -0.05) is 6.07 Å². The maximum Gasteiger partial charge on any atom is 0.315 e. The van der Waals surface area contributed by atoms with Crippen LogP contribution >= 0.6 is 11.3 Å². The van der Waals surface area contributed by atoms with E-state index in [2.05, 4.69) is 31.2 Å². The average Bonchev–Trinajstić information content (AvgIpc) is 3.33. The zero-order valence-corrected chi connectivity index (χ0v) is 13.2. The number of nitrogens with zero attached hydrogens (tertiary/aromatic N) is 4. The second-order valence-electron chi connectivity index (χ2n) is 5.21. The van der Waals surface area contributed by atoms with E-state index in [4.69, 9.17) is 0 Å². The zero-order chi connectivity index (χ0) is 16.5. The lowest BCUT2D eigenvalue weighted by Gasteiger charge is -2.08. The van der Waals surface area contributed by atoms with Gasteiger partial charge in [-0.25, -0.2) is 4.79 Å². The SMILES string of the molecule is O=C1NCC(C(=O)NCc2nnc3ccc(-c4cccs4)nn23)N1. The Bertz CT molecular complexity index is 905. The summed E-state index contributed by atoms with van der Waals surface area (Å²) in [6.07, 6.45) is 0. The molecule has 4 rings (SSSR count). The summed E-state index contributed by atoms with van der Waals surface area (Å²) in [4.78, 5) is 24.2. The molecular formula is C14H13N7O2S. The number of carbonyl (C=O) groups excluding carboxylic acids is 2. The number of urea groups is 1. The normalized spacial score (nSPS) is 16.8. The second kappa shape index (κ2) is 5.89. The van der Waals surface area contributed by atoms with Gasteiger partial charge in [0.05, 0.1) is 11.4 Å². The molecule has 1 aliphatic heterocycles. The number of amides is 3. The fourth-order valence-electron chi connectivity index (χ4n) is 2.40. The van der Waals surface area contributed by atoms with Crippen molar-refractivity contribution in [1.82, 2.24) is 35.8 Å². The Morgan fingerprint density at radius 2 is 2.29 bits per heavy atom. The first-order chi connectivity index (χ1) is 11.7. The molecule has 0 spiro atoms. The molecule has 24 heavy (non-hydrogen) atoms. The standard InChI is InChI=1S/C14H13N7O2S/c22-13(9-6-16-14(23)17-9)15-7-12-19-18-11-4-3-8(20-21(11)12)10-2-1-5-24-10/h1-5,9H,6-7H2,(H,15,22)(H2,16,17,23). The number of thiophene rings is 1. The number of hydrogen-bond donors (Lipinski definition) is 3. The van der Waals surface area contributed by atoms with Gasteiger partial charge in [0.1, 0.15) is 11.7 Å². The molecule has 0 radical (unpaired) electrons. The lowest BCUT2D eigenvalue weighted by Crippen LogP contribution is -2.42. The van der Waals surface area contributed by atoms with Crippen molar-refractivity contribution in [3.63, 3.8) is 0 Å². The van der Waals surface area contributed by atoms with Crippen LogP contribution in [0.3, 0.4) is 0 Å². The minimum atomic E-state index is -0.577. The van der Waals surface area contributed by atoms with Gasteiger partial charge in [-0.05, 0) is 23.6 Å². The number of fused-ring (bicyclic) bond motifs is 1. The molecule has 1 saturated heterocycles. The molecule has 3 N–H and O–H groups in total. The fourth-order valence-corrected chi connectivity index (χ4v) is 3.09. The summed E-state index contributed by atoms with van der Waals surface area (Å²) < 4.78 is 1.61. The van der Waals surface area contributed by atoms with E-state index in [1.165, 1.54) is 0 Å². The van der Waals surface area contributed by atoms with Gasteiger partial charge >= 0.3 is 6.03 Å². The van der Waals surface area contributed by atoms with Gasteiger partial charge in [0.25, 0.3) is 0 Å². The van der Waals surface area contributed by atoms with Gasteiger partial charge in [-0.3, -0.25) is 4.79 Å². The van der Waals surface area contributed by atoms with Crippen molar-refractivity contribution in [3.8, 4) is 10.6 Å². The molecule has 0 saturated carbocycles. The maximum absolute atomic E-state index is 12.0. The largest absolute Gasteiger partial charge is 0.347 e. The number of hydrogen-bond acceptors (Lipinski definition) is 6. The van der Waals surface area contributed by atoms with E-state index >= 15 is 0 Å². The summed E-state index contributed by atoms with van der Waals surface area (Å²) in [7, 11) is 0. The number of rotatable bonds is 4. The van der Waals surface area contributed by atoms with E-state index in [-0.39, 0.29) is 25.0 Å². The fraction of sp³-hybridized carbons (Fsp3) is 0.214. The number of nitrogens with one attached hydrogen (secondary N) is 3. The molecule has 1 unspecified atom stereocenters. The Hall–Kier alpha value is -3.01. The third-order valence-electron chi connectivity index (χ3n) is 3.61. The first kappa shape index (κ1) is 14.6. The average molecular weight is 343 g/mol. The molecule has 4 heterocycles. The highest BCUT2D eigenvalue weighted by molar-refractivity contribution is 7.13. The van der Waals surface area contributed by atoms with E-state index in [0.29, 0.717) is 11.5 Å². The molecular weight excluding hydrogens is 330 g/mol. The summed E-state index contributed by atoms with van der Waals surface area (Å²) in [6.45, 7) is 0.444.